The molecule has 0 bridgehead atoms. The molecule has 26 heavy (non-hydrogen) atoms. The molecule has 1 atom stereocenters. The highest BCUT2D eigenvalue weighted by molar-refractivity contribution is 6.30. The number of anilines is 1. The number of hydrogen-bond acceptors (Lipinski definition) is 5. The van der Waals surface area contributed by atoms with E-state index in [0.29, 0.717) is 10.6 Å². The van der Waals surface area contributed by atoms with Gasteiger partial charge in [-0.2, -0.15) is 0 Å². The quantitative estimate of drug-likeness (QED) is 0.895. The normalized spacial score (nSPS) is 19.7. The van der Waals surface area contributed by atoms with Gasteiger partial charge in [-0.1, -0.05) is 11.6 Å². The molecule has 2 aliphatic rings. The van der Waals surface area contributed by atoms with Crippen molar-refractivity contribution >= 4 is 23.5 Å². The highest BCUT2D eigenvalue weighted by Crippen LogP contribution is 2.22. The molecule has 1 fully saturated rings. The fourth-order valence-corrected chi connectivity index (χ4v) is 3.53. The SMILES string of the molecule is O=C(N[C@H]1CCc2nc(N3CCOCC3)ncc2C1)c1ccc(Cl)cc1. The van der Waals surface area contributed by atoms with Crippen LogP contribution in [0.25, 0.3) is 0 Å². The Morgan fingerprint density at radius 3 is 2.77 bits per heavy atom. The minimum absolute atomic E-state index is 0.0685. The molecular weight excluding hydrogens is 352 g/mol. The van der Waals surface area contributed by atoms with Crippen LogP contribution in [0.2, 0.25) is 5.02 Å². The molecule has 2 aromatic rings. The summed E-state index contributed by atoms with van der Waals surface area (Å²) in [4.78, 5) is 23.8. The number of halogens is 1. The second-order valence-electron chi connectivity index (χ2n) is 6.66. The standard InChI is InChI=1S/C19H21ClN4O2/c20-15-3-1-13(2-4-15)18(25)22-16-5-6-17-14(11-16)12-21-19(23-17)24-7-9-26-10-8-24/h1-4,12,16H,5-11H2,(H,22,25)/t16-/m0/s1. The predicted octanol–water partition coefficient (Wildman–Crippen LogP) is 2.25. The van der Waals surface area contributed by atoms with Gasteiger partial charge in [0.2, 0.25) is 5.95 Å². The van der Waals surface area contributed by atoms with E-state index in [1.807, 2.05) is 6.20 Å². The average Bonchev–Trinajstić information content (AvgIpc) is 2.69. The Bertz CT molecular complexity index is 791. The Balaban J connectivity index is 1.41. The second-order valence-corrected chi connectivity index (χ2v) is 7.10. The maximum atomic E-state index is 12.4. The second kappa shape index (κ2) is 7.60. The largest absolute Gasteiger partial charge is 0.378 e. The van der Waals surface area contributed by atoms with Crippen molar-refractivity contribution in [3.8, 4) is 0 Å². The van der Waals surface area contributed by atoms with Gasteiger partial charge < -0.3 is 15.0 Å². The van der Waals surface area contributed by atoms with Gasteiger partial charge >= 0.3 is 0 Å². The van der Waals surface area contributed by atoms with E-state index in [1.54, 1.807) is 24.3 Å². The summed E-state index contributed by atoms with van der Waals surface area (Å²) in [6, 6.07) is 7.04. The number of rotatable bonds is 3. The summed E-state index contributed by atoms with van der Waals surface area (Å²) < 4.78 is 5.38. The number of carbonyl (C=O) groups is 1. The topological polar surface area (TPSA) is 67.4 Å². The average molecular weight is 373 g/mol. The summed E-state index contributed by atoms with van der Waals surface area (Å²) in [5.74, 6) is 0.719. The van der Waals surface area contributed by atoms with E-state index in [2.05, 4.69) is 15.2 Å². The first kappa shape index (κ1) is 17.2. The number of nitrogens with one attached hydrogen (secondary N) is 1. The number of hydrogen-bond donors (Lipinski definition) is 1. The van der Waals surface area contributed by atoms with Crippen molar-refractivity contribution in [3.05, 3.63) is 52.3 Å². The van der Waals surface area contributed by atoms with Gasteiger partial charge in [-0.15, -0.1) is 0 Å². The van der Waals surface area contributed by atoms with E-state index in [9.17, 15) is 4.79 Å². The van der Waals surface area contributed by atoms with Gasteiger partial charge in [-0.25, -0.2) is 9.97 Å². The molecule has 1 aliphatic carbocycles. The van der Waals surface area contributed by atoms with E-state index >= 15 is 0 Å². The van der Waals surface area contributed by atoms with Crippen LogP contribution in [0.4, 0.5) is 5.95 Å². The van der Waals surface area contributed by atoms with Gasteiger partial charge in [-0.3, -0.25) is 4.79 Å². The van der Waals surface area contributed by atoms with Crippen LogP contribution in [-0.2, 0) is 17.6 Å². The molecule has 1 aliphatic heterocycles. The maximum absolute atomic E-state index is 12.4. The summed E-state index contributed by atoms with van der Waals surface area (Å²) in [5.41, 5.74) is 2.84. The minimum atomic E-state index is -0.0685. The van der Waals surface area contributed by atoms with Crippen molar-refractivity contribution < 1.29 is 9.53 Å². The molecule has 6 nitrogen and oxygen atoms in total. The lowest BCUT2D eigenvalue weighted by molar-refractivity contribution is 0.0933. The lowest BCUT2D eigenvalue weighted by Gasteiger charge is -2.29. The fourth-order valence-electron chi connectivity index (χ4n) is 3.41. The first-order valence-corrected chi connectivity index (χ1v) is 9.31. The molecule has 0 saturated carbocycles. The Hall–Kier alpha value is -2.18. The van der Waals surface area contributed by atoms with Gasteiger partial charge in [0, 0.05) is 41.6 Å². The summed E-state index contributed by atoms with van der Waals surface area (Å²) in [7, 11) is 0. The van der Waals surface area contributed by atoms with Crippen LogP contribution in [0, 0.1) is 0 Å². The molecule has 1 aromatic heterocycles. The molecule has 7 heteroatoms. The van der Waals surface area contributed by atoms with Gasteiger partial charge in [0.1, 0.15) is 0 Å². The zero-order chi connectivity index (χ0) is 17.9. The Morgan fingerprint density at radius 2 is 2.00 bits per heavy atom. The highest BCUT2D eigenvalue weighted by atomic mass is 35.5. The zero-order valence-electron chi connectivity index (χ0n) is 14.4. The summed E-state index contributed by atoms with van der Waals surface area (Å²) in [6.07, 6.45) is 4.40. The Morgan fingerprint density at radius 1 is 1.23 bits per heavy atom. The number of morpholine rings is 1. The van der Waals surface area contributed by atoms with E-state index < -0.39 is 0 Å². The molecule has 1 aromatic carbocycles. The molecule has 4 rings (SSSR count). The van der Waals surface area contributed by atoms with Crippen LogP contribution < -0.4 is 10.2 Å². The van der Waals surface area contributed by atoms with Crippen LogP contribution in [0.5, 0.6) is 0 Å². The number of benzene rings is 1. The number of fused-ring (bicyclic) bond motifs is 1. The van der Waals surface area contributed by atoms with Crippen LogP contribution >= 0.6 is 11.6 Å². The smallest absolute Gasteiger partial charge is 0.251 e. The van der Waals surface area contributed by atoms with Crippen molar-refractivity contribution in [2.45, 2.75) is 25.3 Å². The molecule has 0 unspecified atom stereocenters. The lowest BCUT2D eigenvalue weighted by Crippen LogP contribution is -2.40. The number of carbonyl (C=O) groups excluding carboxylic acids is 1. The molecule has 2 heterocycles. The summed E-state index contributed by atoms with van der Waals surface area (Å²) in [5, 5.41) is 3.74. The lowest BCUT2D eigenvalue weighted by atomic mass is 9.92. The summed E-state index contributed by atoms with van der Waals surface area (Å²) >= 11 is 5.88. The van der Waals surface area contributed by atoms with E-state index in [0.717, 1.165) is 62.8 Å². The third kappa shape index (κ3) is 3.81. The number of ether oxygens (including phenoxy) is 1. The first-order chi connectivity index (χ1) is 12.7. The maximum Gasteiger partial charge on any atom is 0.251 e. The summed E-state index contributed by atoms with van der Waals surface area (Å²) in [6.45, 7) is 3.11. The van der Waals surface area contributed by atoms with Crippen LogP contribution in [-0.4, -0.2) is 48.2 Å². The van der Waals surface area contributed by atoms with Crippen molar-refractivity contribution in [1.82, 2.24) is 15.3 Å². The molecule has 1 saturated heterocycles. The number of amides is 1. The number of aromatic nitrogens is 2. The third-order valence-electron chi connectivity index (χ3n) is 4.87. The monoisotopic (exact) mass is 372 g/mol. The molecule has 0 spiro atoms. The van der Waals surface area contributed by atoms with E-state index in [-0.39, 0.29) is 11.9 Å². The Kier molecular flexibility index (Phi) is 5.04. The van der Waals surface area contributed by atoms with Gasteiger partial charge in [0.05, 0.1) is 13.2 Å². The van der Waals surface area contributed by atoms with Crippen molar-refractivity contribution in [2.75, 3.05) is 31.2 Å². The molecule has 136 valence electrons. The molecule has 1 amide bonds. The van der Waals surface area contributed by atoms with Gasteiger partial charge in [0.15, 0.2) is 0 Å². The van der Waals surface area contributed by atoms with Crippen LogP contribution in [0.15, 0.2) is 30.5 Å². The van der Waals surface area contributed by atoms with Gasteiger partial charge in [-0.05, 0) is 49.1 Å². The minimum Gasteiger partial charge on any atom is -0.378 e. The first-order valence-electron chi connectivity index (χ1n) is 8.93. The van der Waals surface area contributed by atoms with Crippen LogP contribution in [0.1, 0.15) is 28.0 Å². The van der Waals surface area contributed by atoms with Crippen LogP contribution in [0.3, 0.4) is 0 Å². The zero-order valence-corrected chi connectivity index (χ0v) is 15.2. The fraction of sp³-hybridized carbons (Fsp3) is 0.421. The molecule has 1 N–H and O–H groups in total. The van der Waals surface area contributed by atoms with Gasteiger partial charge in [0.25, 0.3) is 5.91 Å². The highest BCUT2D eigenvalue weighted by Gasteiger charge is 2.24. The third-order valence-corrected chi connectivity index (χ3v) is 5.12. The Labute approximate surface area is 157 Å². The number of aryl methyl sites for hydroxylation is 1. The van der Waals surface area contributed by atoms with Crippen molar-refractivity contribution in [2.24, 2.45) is 0 Å². The molecule has 0 radical (unpaired) electrons. The predicted molar refractivity (Wildman–Crippen MR) is 99.8 cm³/mol. The molecular formula is C19H21ClN4O2. The van der Waals surface area contributed by atoms with E-state index in [1.165, 1.54) is 0 Å². The number of nitrogens with zero attached hydrogens (tertiary/aromatic N) is 3. The van der Waals surface area contributed by atoms with Crippen molar-refractivity contribution in [1.29, 1.82) is 0 Å². The van der Waals surface area contributed by atoms with Crippen molar-refractivity contribution in [3.63, 3.8) is 0 Å². The van der Waals surface area contributed by atoms with E-state index in [4.69, 9.17) is 21.3 Å².